The van der Waals surface area contributed by atoms with Crippen LogP contribution in [-0.2, 0) is 9.53 Å². The van der Waals surface area contributed by atoms with E-state index in [2.05, 4.69) is 15.5 Å². The molecule has 27 heavy (non-hydrogen) atoms. The monoisotopic (exact) mass is 367 g/mol. The Bertz CT molecular complexity index is 980. The normalized spacial score (nSPS) is 16.4. The zero-order chi connectivity index (χ0) is 18.8. The second-order valence-electron chi connectivity index (χ2n) is 6.46. The van der Waals surface area contributed by atoms with Crippen molar-refractivity contribution in [3.05, 3.63) is 53.8 Å². The molecule has 1 amide bonds. The molecular formula is C20H18FN3O3. The molecule has 7 heteroatoms. The van der Waals surface area contributed by atoms with E-state index in [1.165, 1.54) is 6.07 Å². The van der Waals surface area contributed by atoms with Gasteiger partial charge in [0.25, 0.3) is 11.8 Å². The molecule has 1 saturated heterocycles. The Kier molecular flexibility index (Phi) is 4.68. The summed E-state index contributed by atoms with van der Waals surface area (Å²) in [5, 5.41) is 6.77. The third kappa shape index (κ3) is 3.73. The van der Waals surface area contributed by atoms with Crippen molar-refractivity contribution in [3.8, 4) is 22.8 Å². The molecule has 1 unspecified atom stereocenters. The molecule has 3 aromatic rings. The van der Waals surface area contributed by atoms with Crippen LogP contribution in [0, 0.1) is 12.7 Å². The van der Waals surface area contributed by atoms with E-state index < -0.39 is 6.10 Å². The quantitative estimate of drug-likeness (QED) is 0.755. The number of anilines is 1. The van der Waals surface area contributed by atoms with Crippen LogP contribution < -0.4 is 5.32 Å². The van der Waals surface area contributed by atoms with E-state index in [0.717, 1.165) is 12.8 Å². The highest BCUT2D eigenvalue weighted by atomic mass is 19.1. The van der Waals surface area contributed by atoms with Crippen molar-refractivity contribution in [1.82, 2.24) is 10.1 Å². The molecule has 2 heterocycles. The third-order valence-corrected chi connectivity index (χ3v) is 4.46. The highest BCUT2D eigenvalue weighted by Crippen LogP contribution is 2.25. The molecule has 1 fully saturated rings. The number of halogens is 1. The molecule has 0 spiro atoms. The molecule has 1 aliphatic heterocycles. The van der Waals surface area contributed by atoms with E-state index in [1.54, 1.807) is 43.3 Å². The summed E-state index contributed by atoms with van der Waals surface area (Å²) >= 11 is 0. The van der Waals surface area contributed by atoms with Gasteiger partial charge in [-0.25, -0.2) is 4.39 Å². The number of aryl methyl sites for hydroxylation is 1. The van der Waals surface area contributed by atoms with Crippen LogP contribution in [0.25, 0.3) is 22.8 Å². The van der Waals surface area contributed by atoms with Crippen molar-refractivity contribution in [2.45, 2.75) is 25.9 Å². The van der Waals surface area contributed by atoms with E-state index in [1.807, 2.05) is 0 Å². The van der Waals surface area contributed by atoms with Gasteiger partial charge >= 0.3 is 0 Å². The van der Waals surface area contributed by atoms with Gasteiger partial charge in [0.05, 0.1) is 0 Å². The second-order valence-corrected chi connectivity index (χ2v) is 6.46. The number of benzene rings is 2. The first-order chi connectivity index (χ1) is 13.1. The summed E-state index contributed by atoms with van der Waals surface area (Å²) in [5.41, 5.74) is 2.37. The van der Waals surface area contributed by atoms with Gasteiger partial charge in [-0.15, -0.1) is 0 Å². The van der Waals surface area contributed by atoms with Crippen LogP contribution in [0.5, 0.6) is 0 Å². The summed E-state index contributed by atoms with van der Waals surface area (Å²) < 4.78 is 24.5. The summed E-state index contributed by atoms with van der Waals surface area (Å²) in [7, 11) is 0. The fraction of sp³-hybridized carbons (Fsp3) is 0.250. The van der Waals surface area contributed by atoms with Crippen LogP contribution in [-0.4, -0.2) is 28.8 Å². The first-order valence-corrected chi connectivity index (χ1v) is 8.73. The number of nitrogens with one attached hydrogen (secondary N) is 1. The molecule has 0 bridgehead atoms. The van der Waals surface area contributed by atoms with E-state index >= 15 is 0 Å². The maximum Gasteiger partial charge on any atom is 0.258 e. The number of ether oxygens (including phenoxy) is 1. The Morgan fingerprint density at radius 1 is 1.22 bits per heavy atom. The molecule has 0 aliphatic carbocycles. The number of rotatable bonds is 4. The lowest BCUT2D eigenvalue weighted by Gasteiger charge is -2.10. The third-order valence-electron chi connectivity index (χ3n) is 4.46. The maximum absolute atomic E-state index is 13.8. The first kappa shape index (κ1) is 17.4. The largest absolute Gasteiger partial charge is 0.368 e. The minimum absolute atomic E-state index is 0.161. The van der Waals surface area contributed by atoms with Gasteiger partial charge in [-0.2, -0.15) is 4.98 Å². The van der Waals surface area contributed by atoms with Crippen LogP contribution >= 0.6 is 0 Å². The van der Waals surface area contributed by atoms with E-state index in [-0.39, 0.29) is 11.7 Å². The average molecular weight is 367 g/mol. The Morgan fingerprint density at radius 3 is 2.89 bits per heavy atom. The summed E-state index contributed by atoms with van der Waals surface area (Å²) in [4.78, 5) is 16.5. The van der Waals surface area contributed by atoms with Crippen molar-refractivity contribution >= 4 is 11.6 Å². The van der Waals surface area contributed by atoms with Crippen LogP contribution in [0.1, 0.15) is 18.4 Å². The SMILES string of the molecule is Cc1ccc(-c2noc(-c3cccc(NC(=O)C4CCCO4)c3)n2)cc1F. The topological polar surface area (TPSA) is 77.2 Å². The zero-order valence-corrected chi connectivity index (χ0v) is 14.7. The smallest absolute Gasteiger partial charge is 0.258 e. The molecule has 1 N–H and O–H groups in total. The van der Waals surface area contributed by atoms with Gasteiger partial charge < -0.3 is 14.6 Å². The lowest BCUT2D eigenvalue weighted by molar-refractivity contribution is -0.124. The predicted octanol–water partition coefficient (Wildman–Crippen LogP) is 3.97. The lowest BCUT2D eigenvalue weighted by atomic mass is 10.1. The van der Waals surface area contributed by atoms with Gasteiger partial charge in [-0.05, 0) is 49.6 Å². The minimum Gasteiger partial charge on any atom is -0.368 e. The molecule has 0 radical (unpaired) electrons. The second kappa shape index (κ2) is 7.28. The van der Waals surface area contributed by atoms with Crippen molar-refractivity contribution in [1.29, 1.82) is 0 Å². The van der Waals surface area contributed by atoms with Crippen LogP contribution in [0.2, 0.25) is 0 Å². The van der Waals surface area contributed by atoms with Gasteiger partial charge in [0, 0.05) is 23.4 Å². The highest BCUT2D eigenvalue weighted by molar-refractivity contribution is 5.94. The summed E-state index contributed by atoms with van der Waals surface area (Å²) in [6.07, 6.45) is 1.22. The molecule has 1 aliphatic rings. The van der Waals surface area contributed by atoms with E-state index in [9.17, 15) is 9.18 Å². The molecule has 138 valence electrons. The van der Waals surface area contributed by atoms with Gasteiger partial charge in [-0.3, -0.25) is 4.79 Å². The van der Waals surface area contributed by atoms with Gasteiger partial charge in [0.15, 0.2) is 0 Å². The number of hydrogen-bond donors (Lipinski definition) is 1. The Morgan fingerprint density at radius 2 is 2.11 bits per heavy atom. The molecule has 2 aromatic carbocycles. The predicted molar refractivity (Wildman–Crippen MR) is 97.5 cm³/mol. The van der Waals surface area contributed by atoms with Crippen molar-refractivity contribution in [2.75, 3.05) is 11.9 Å². The number of carbonyl (C=O) groups is 1. The first-order valence-electron chi connectivity index (χ1n) is 8.73. The average Bonchev–Trinajstić information content (AvgIpc) is 3.36. The van der Waals surface area contributed by atoms with E-state index in [4.69, 9.17) is 9.26 Å². The lowest BCUT2D eigenvalue weighted by Crippen LogP contribution is -2.26. The summed E-state index contributed by atoms with van der Waals surface area (Å²) in [5.74, 6) is 0.112. The standard InChI is InChI=1S/C20H18FN3O3/c1-12-7-8-13(11-16(12)21)18-23-20(27-24-18)14-4-2-5-15(10-14)22-19(25)17-6-3-9-26-17/h2,4-5,7-8,10-11,17H,3,6,9H2,1H3,(H,22,25). The van der Waals surface area contributed by atoms with Gasteiger partial charge in [0.1, 0.15) is 11.9 Å². The molecule has 4 rings (SSSR count). The number of carbonyl (C=O) groups excluding carboxylic acids is 1. The molecular weight excluding hydrogens is 349 g/mol. The van der Waals surface area contributed by atoms with Crippen LogP contribution in [0.15, 0.2) is 47.0 Å². The number of aromatic nitrogens is 2. The van der Waals surface area contributed by atoms with Crippen molar-refractivity contribution < 1.29 is 18.4 Å². The van der Waals surface area contributed by atoms with Gasteiger partial charge in [-0.1, -0.05) is 23.4 Å². The minimum atomic E-state index is -0.403. The molecule has 1 atom stereocenters. The summed E-state index contributed by atoms with van der Waals surface area (Å²) in [6.45, 7) is 2.31. The molecule has 1 aromatic heterocycles. The zero-order valence-electron chi connectivity index (χ0n) is 14.7. The Hall–Kier alpha value is -3.06. The van der Waals surface area contributed by atoms with Crippen LogP contribution in [0.3, 0.4) is 0 Å². The fourth-order valence-electron chi connectivity index (χ4n) is 2.93. The highest BCUT2D eigenvalue weighted by Gasteiger charge is 2.23. The maximum atomic E-state index is 13.8. The summed E-state index contributed by atoms with van der Waals surface area (Å²) in [6, 6.07) is 11.9. The van der Waals surface area contributed by atoms with Crippen molar-refractivity contribution in [2.24, 2.45) is 0 Å². The number of nitrogens with zero attached hydrogens (tertiary/aromatic N) is 2. The fourth-order valence-corrected chi connectivity index (χ4v) is 2.93. The van der Waals surface area contributed by atoms with Crippen LogP contribution in [0.4, 0.5) is 10.1 Å². The van der Waals surface area contributed by atoms with E-state index in [0.29, 0.717) is 40.7 Å². The number of hydrogen-bond acceptors (Lipinski definition) is 5. The molecule has 6 nitrogen and oxygen atoms in total. The Balaban J connectivity index is 1.54. The number of amides is 1. The Labute approximate surface area is 155 Å². The molecule has 0 saturated carbocycles. The van der Waals surface area contributed by atoms with Crippen molar-refractivity contribution in [3.63, 3.8) is 0 Å². The van der Waals surface area contributed by atoms with Gasteiger partial charge in [0.2, 0.25) is 5.82 Å².